The van der Waals surface area contributed by atoms with Crippen LogP contribution in [0.15, 0.2) is 18.2 Å². The maximum atomic E-state index is 12.8. The Hall–Kier alpha value is -0.890. The lowest BCUT2D eigenvalue weighted by Crippen LogP contribution is -2.02. The van der Waals surface area contributed by atoms with Gasteiger partial charge in [-0.3, -0.25) is 0 Å². The molecule has 0 radical (unpaired) electrons. The molecule has 0 aromatic heterocycles. The average Bonchev–Trinajstić information content (AvgIpc) is 2.06. The molecule has 1 atom stereocenters. The molecule has 0 aliphatic heterocycles. The minimum absolute atomic E-state index is 0.203. The summed E-state index contributed by atoms with van der Waals surface area (Å²) in [6.07, 6.45) is 1.11. The highest BCUT2D eigenvalue weighted by molar-refractivity contribution is 5.26. The third kappa shape index (κ3) is 3.15. The van der Waals surface area contributed by atoms with Gasteiger partial charge in [-0.15, -0.1) is 0 Å². The van der Waals surface area contributed by atoms with E-state index in [0.29, 0.717) is 6.42 Å². The Morgan fingerprint density at radius 2 is 2.15 bits per heavy atom. The Kier molecular flexibility index (Phi) is 3.43. The van der Waals surface area contributed by atoms with E-state index in [1.807, 2.05) is 6.92 Å². The highest BCUT2D eigenvalue weighted by atomic mass is 19.1. The fourth-order valence-corrected chi connectivity index (χ4v) is 1.27. The van der Waals surface area contributed by atoms with Gasteiger partial charge in [0, 0.05) is 0 Å². The van der Waals surface area contributed by atoms with E-state index in [4.69, 9.17) is 5.11 Å². The molecule has 0 aliphatic rings. The maximum Gasteiger partial charge on any atom is 0.123 e. The maximum absolute atomic E-state index is 12.8. The second-order valence-corrected chi connectivity index (χ2v) is 3.46. The SMILES string of the molecule is Cc1ccc(F)cc1CC[C@@H](C)O. The quantitative estimate of drug-likeness (QED) is 0.761. The molecule has 1 aromatic rings. The van der Waals surface area contributed by atoms with Crippen LogP contribution < -0.4 is 0 Å². The van der Waals surface area contributed by atoms with Crippen LogP contribution in [0.2, 0.25) is 0 Å². The molecule has 0 bridgehead atoms. The largest absolute Gasteiger partial charge is 0.393 e. The van der Waals surface area contributed by atoms with Crippen molar-refractivity contribution < 1.29 is 9.50 Å². The molecule has 0 saturated heterocycles. The van der Waals surface area contributed by atoms with E-state index in [0.717, 1.165) is 17.5 Å². The summed E-state index contributed by atoms with van der Waals surface area (Å²) in [6, 6.07) is 4.77. The first-order valence-electron chi connectivity index (χ1n) is 4.52. The fourth-order valence-electron chi connectivity index (χ4n) is 1.27. The van der Waals surface area contributed by atoms with Crippen molar-refractivity contribution in [2.45, 2.75) is 32.8 Å². The summed E-state index contributed by atoms with van der Waals surface area (Å²) >= 11 is 0. The molecular formula is C11H15FO. The van der Waals surface area contributed by atoms with Gasteiger partial charge in [0.25, 0.3) is 0 Å². The van der Waals surface area contributed by atoms with Crippen LogP contribution in [0, 0.1) is 12.7 Å². The molecule has 1 aromatic carbocycles. The van der Waals surface area contributed by atoms with Gasteiger partial charge in [0.15, 0.2) is 0 Å². The van der Waals surface area contributed by atoms with Crippen LogP contribution in [0.25, 0.3) is 0 Å². The zero-order chi connectivity index (χ0) is 9.84. The Morgan fingerprint density at radius 1 is 1.46 bits per heavy atom. The Morgan fingerprint density at radius 3 is 2.77 bits per heavy atom. The molecule has 1 nitrogen and oxygen atoms in total. The topological polar surface area (TPSA) is 20.2 Å². The van der Waals surface area contributed by atoms with Gasteiger partial charge >= 0.3 is 0 Å². The van der Waals surface area contributed by atoms with Crippen LogP contribution in [0.4, 0.5) is 4.39 Å². The Balaban J connectivity index is 2.70. The van der Waals surface area contributed by atoms with Crippen molar-refractivity contribution in [1.82, 2.24) is 0 Å². The number of aliphatic hydroxyl groups is 1. The van der Waals surface area contributed by atoms with Crippen molar-refractivity contribution in [3.63, 3.8) is 0 Å². The van der Waals surface area contributed by atoms with E-state index in [1.165, 1.54) is 12.1 Å². The second-order valence-electron chi connectivity index (χ2n) is 3.46. The first-order valence-corrected chi connectivity index (χ1v) is 4.52. The number of rotatable bonds is 3. The van der Waals surface area contributed by atoms with Gasteiger partial charge in [-0.05, 0) is 49.9 Å². The van der Waals surface area contributed by atoms with Crippen molar-refractivity contribution in [1.29, 1.82) is 0 Å². The van der Waals surface area contributed by atoms with Crippen LogP contribution in [-0.4, -0.2) is 11.2 Å². The predicted octanol–water partition coefficient (Wildman–Crippen LogP) is 2.45. The fraction of sp³-hybridized carbons (Fsp3) is 0.455. The first kappa shape index (κ1) is 10.2. The van der Waals surface area contributed by atoms with E-state index >= 15 is 0 Å². The standard InChI is InChI=1S/C11H15FO/c1-8-3-6-11(12)7-10(8)5-4-9(2)13/h3,6-7,9,13H,4-5H2,1-2H3/t9-/m1/s1. The Labute approximate surface area is 78.2 Å². The number of benzene rings is 1. The zero-order valence-corrected chi connectivity index (χ0v) is 8.05. The number of hydrogen-bond donors (Lipinski definition) is 1. The molecule has 2 heteroatoms. The highest BCUT2D eigenvalue weighted by Gasteiger charge is 2.02. The van der Waals surface area contributed by atoms with Crippen molar-refractivity contribution in [2.24, 2.45) is 0 Å². The number of hydrogen-bond acceptors (Lipinski definition) is 1. The predicted molar refractivity (Wildman–Crippen MR) is 51.1 cm³/mol. The molecule has 0 amide bonds. The lowest BCUT2D eigenvalue weighted by Gasteiger charge is -2.07. The highest BCUT2D eigenvalue weighted by Crippen LogP contribution is 2.13. The van der Waals surface area contributed by atoms with Gasteiger partial charge in [-0.2, -0.15) is 0 Å². The van der Waals surface area contributed by atoms with Gasteiger partial charge < -0.3 is 5.11 Å². The summed E-state index contributed by atoms with van der Waals surface area (Å²) in [6.45, 7) is 3.70. The normalized spacial score (nSPS) is 12.9. The summed E-state index contributed by atoms with van der Waals surface area (Å²) in [5, 5.41) is 9.08. The molecule has 1 N–H and O–H groups in total. The summed E-state index contributed by atoms with van der Waals surface area (Å²) in [4.78, 5) is 0. The molecular weight excluding hydrogens is 167 g/mol. The Bertz CT molecular complexity index is 281. The first-order chi connectivity index (χ1) is 6.09. The van der Waals surface area contributed by atoms with Gasteiger partial charge in [0.2, 0.25) is 0 Å². The lowest BCUT2D eigenvalue weighted by atomic mass is 10.0. The van der Waals surface area contributed by atoms with Crippen LogP contribution in [0.5, 0.6) is 0 Å². The molecule has 0 spiro atoms. The van der Waals surface area contributed by atoms with Crippen molar-refractivity contribution >= 4 is 0 Å². The van der Waals surface area contributed by atoms with E-state index in [2.05, 4.69) is 0 Å². The van der Waals surface area contributed by atoms with E-state index in [1.54, 1.807) is 13.0 Å². The summed E-state index contributed by atoms with van der Waals surface area (Å²) < 4.78 is 12.8. The van der Waals surface area contributed by atoms with Crippen molar-refractivity contribution in [3.8, 4) is 0 Å². The van der Waals surface area contributed by atoms with E-state index < -0.39 is 0 Å². The zero-order valence-electron chi connectivity index (χ0n) is 8.05. The number of aryl methyl sites for hydroxylation is 2. The van der Waals surface area contributed by atoms with Gasteiger partial charge in [0.05, 0.1) is 6.10 Å². The monoisotopic (exact) mass is 182 g/mol. The van der Waals surface area contributed by atoms with Crippen LogP contribution >= 0.6 is 0 Å². The van der Waals surface area contributed by atoms with E-state index in [-0.39, 0.29) is 11.9 Å². The molecule has 0 heterocycles. The minimum atomic E-state index is -0.317. The van der Waals surface area contributed by atoms with Crippen molar-refractivity contribution in [2.75, 3.05) is 0 Å². The molecule has 0 saturated carbocycles. The van der Waals surface area contributed by atoms with Gasteiger partial charge in [-0.1, -0.05) is 6.07 Å². The molecule has 13 heavy (non-hydrogen) atoms. The molecule has 1 rings (SSSR count). The lowest BCUT2D eigenvalue weighted by molar-refractivity contribution is 0.185. The van der Waals surface area contributed by atoms with Crippen molar-refractivity contribution in [3.05, 3.63) is 35.1 Å². The smallest absolute Gasteiger partial charge is 0.123 e. The third-order valence-electron chi connectivity index (χ3n) is 2.14. The van der Waals surface area contributed by atoms with Crippen LogP contribution in [-0.2, 0) is 6.42 Å². The molecule has 72 valence electrons. The molecule has 0 aliphatic carbocycles. The van der Waals surface area contributed by atoms with Gasteiger partial charge in [0.1, 0.15) is 5.82 Å². The minimum Gasteiger partial charge on any atom is -0.393 e. The summed E-state index contributed by atoms with van der Waals surface area (Å²) in [5.41, 5.74) is 2.07. The van der Waals surface area contributed by atoms with Crippen LogP contribution in [0.1, 0.15) is 24.5 Å². The molecule has 0 unspecified atom stereocenters. The average molecular weight is 182 g/mol. The number of halogens is 1. The third-order valence-corrected chi connectivity index (χ3v) is 2.14. The molecule has 0 fully saturated rings. The van der Waals surface area contributed by atoms with Gasteiger partial charge in [-0.25, -0.2) is 4.39 Å². The second kappa shape index (κ2) is 4.38. The summed E-state index contributed by atoms with van der Waals surface area (Å²) in [5.74, 6) is -0.203. The summed E-state index contributed by atoms with van der Waals surface area (Å²) in [7, 11) is 0. The van der Waals surface area contributed by atoms with E-state index in [9.17, 15) is 4.39 Å². The number of aliphatic hydroxyl groups excluding tert-OH is 1. The van der Waals surface area contributed by atoms with Crippen LogP contribution in [0.3, 0.4) is 0 Å².